The molecular formula is C19H29N5. The summed E-state index contributed by atoms with van der Waals surface area (Å²) in [6, 6.07) is 0. The average Bonchev–Trinajstić information content (AvgIpc) is 2.86. The molecule has 3 heterocycles. The monoisotopic (exact) mass is 327 g/mol. The van der Waals surface area contributed by atoms with Crippen LogP contribution in [-0.4, -0.2) is 31.2 Å². The zero-order valence-electron chi connectivity index (χ0n) is 15.6. The molecule has 2 aromatic heterocycles. The molecule has 0 unspecified atom stereocenters. The van der Waals surface area contributed by atoms with Crippen molar-refractivity contribution in [2.45, 2.75) is 72.5 Å². The van der Waals surface area contributed by atoms with E-state index in [-0.39, 0.29) is 5.41 Å². The van der Waals surface area contributed by atoms with Gasteiger partial charge in [0, 0.05) is 67.2 Å². The first kappa shape index (κ1) is 17.1. The van der Waals surface area contributed by atoms with Gasteiger partial charge in [-0.2, -0.15) is 5.10 Å². The van der Waals surface area contributed by atoms with Crippen LogP contribution in [0.5, 0.6) is 0 Å². The van der Waals surface area contributed by atoms with Crippen LogP contribution in [-0.2, 0) is 31.5 Å². The van der Waals surface area contributed by atoms with Crippen LogP contribution >= 0.6 is 0 Å². The number of aromatic nitrogens is 4. The third kappa shape index (κ3) is 3.66. The maximum Gasteiger partial charge on any atom is 0.133 e. The van der Waals surface area contributed by atoms with E-state index in [9.17, 15) is 0 Å². The maximum atomic E-state index is 4.82. The van der Waals surface area contributed by atoms with Gasteiger partial charge in [-0.3, -0.25) is 9.58 Å². The van der Waals surface area contributed by atoms with Gasteiger partial charge in [-0.1, -0.05) is 27.7 Å². The highest BCUT2D eigenvalue weighted by molar-refractivity contribution is 5.23. The summed E-state index contributed by atoms with van der Waals surface area (Å²) in [7, 11) is 0. The van der Waals surface area contributed by atoms with Gasteiger partial charge in [0.15, 0.2) is 0 Å². The van der Waals surface area contributed by atoms with Crippen LogP contribution in [0.2, 0.25) is 0 Å². The molecule has 0 saturated carbocycles. The summed E-state index contributed by atoms with van der Waals surface area (Å²) < 4.78 is 2.07. The molecule has 0 radical (unpaired) electrons. The Labute approximate surface area is 145 Å². The molecule has 0 bridgehead atoms. The fourth-order valence-electron chi connectivity index (χ4n) is 3.17. The Bertz CT molecular complexity index is 711. The molecule has 0 aromatic carbocycles. The summed E-state index contributed by atoms with van der Waals surface area (Å²) in [5.41, 5.74) is 4.99. The normalized spacial score (nSPS) is 15.5. The van der Waals surface area contributed by atoms with Crippen molar-refractivity contribution in [3.05, 3.63) is 40.7 Å². The summed E-state index contributed by atoms with van der Waals surface area (Å²) >= 11 is 0. The molecule has 0 atom stereocenters. The number of hydrogen-bond donors (Lipinski definition) is 0. The standard InChI is InChI=1S/C19H29N5/c1-6-8-24-13-16(14(2)22-24)12-23-9-7-17-15(11-23)10-20-18(21-17)19(3,4)5/h10,13H,6-9,11-12H2,1-5H3. The van der Waals surface area contributed by atoms with Crippen LogP contribution in [0.25, 0.3) is 0 Å². The topological polar surface area (TPSA) is 46.8 Å². The molecule has 1 aliphatic heterocycles. The summed E-state index contributed by atoms with van der Waals surface area (Å²) in [5, 5.41) is 4.61. The highest BCUT2D eigenvalue weighted by Gasteiger charge is 2.23. The van der Waals surface area contributed by atoms with Gasteiger partial charge in [0.25, 0.3) is 0 Å². The van der Waals surface area contributed by atoms with Crippen LogP contribution in [0.4, 0.5) is 0 Å². The Morgan fingerprint density at radius 3 is 2.75 bits per heavy atom. The van der Waals surface area contributed by atoms with Crippen molar-refractivity contribution >= 4 is 0 Å². The van der Waals surface area contributed by atoms with E-state index in [0.29, 0.717) is 0 Å². The predicted molar refractivity (Wildman–Crippen MR) is 95.8 cm³/mol. The largest absolute Gasteiger partial charge is 0.294 e. The van der Waals surface area contributed by atoms with Gasteiger partial charge in [-0.15, -0.1) is 0 Å². The van der Waals surface area contributed by atoms with Gasteiger partial charge in [-0.05, 0) is 13.3 Å². The van der Waals surface area contributed by atoms with E-state index in [0.717, 1.165) is 50.5 Å². The van der Waals surface area contributed by atoms with Gasteiger partial charge >= 0.3 is 0 Å². The molecule has 0 aliphatic carbocycles. The molecule has 2 aromatic rings. The van der Waals surface area contributed by atoms with Crippen molar-refractivity contribution < 1.29 is 0 Å². The Morgan fingerprint density at radius 1 is 1.25 bits per heavy atom. The van der Waals surface area contributed by atoms with Crippen molar-refractivity contribution in [1.82, 2.24) is 24.6 Å². The number of aryl methyl sites for hydroxylation is 2. The maximum absolute atomic E-state index is 4.82. The van der Waals surface area contributed by atoms with E-state index in [2.05, 4.69) is 60.5 Å². The van der Waals surface area contributed by atoms with E-state index in [1.807, 2.05) is 6.20 Å². The summed E-state index contributed by atoms with van der Waals surface area (Å²) in [6.07, 6.45) is 6.35. The van der Waals surface area contributed by atoms with Crippen LogP contribution in [0.1, 0.15) is 62.5 Å². The minimum atomic E-state index is 0.0110. The lowest BCUT2D eigenvalue weighted by Crippen LogP contribution is -2.32. The van der Waals surface area contributed by atoms with E-state index < -0.39 is 0 Å². The van der Waals surface area contributed by atoms with E-state index in [4.69, 9.17) is 4.98 Å². The minimum absolute atomic E-state index is 0.0110. The Morgan fingerprint density at radius 2 is 2.04 bits per heavy atom. The summed E-state index contributed by atoms with van der Waals surface area (Å²) in [5.74, 6) is 0.950. The first-order valence-electron chi connectivity index (χ1n) is 8.97. The molecule has 0 N–H and O–H groups in total. The SMILES string of the molecule is CCCn1cc(CN2CCc3nc(C(C)(C)C)ncc3C2)c(C)n1. The van der Waals surface area contributed by atoms with Crippen molar-refractivity contribution in [2.75, 3.05) is 6.54 Å². The van der Waals surface area contributed by atoms with E-state index in [1.165, 1.54) is 16.8 Å². The van der Waals surface area contributed by atoms with E-state index >= 15 is 0 Å². The lowest BCUT2D eigenvalue weighted by atomic mass is 9.95. The summed E-state index contributed by atoms with van der Waals surface area (Å²) in [6.45, 7) is 14.7. The predicted octanol–water partition coefficient (Wildman–Crippen LogP) is 3.25. The quantitative estimate of drug-likeness (QED) is 0.865. The number of fused-ring (bicyclic) bond motifs is 1. The zero-order valence-corrected chi connectivity index (χ0v) is 15.6. The molecule has 1 aliphatic rings. The molecule has 130 valence electrons. The highest BCUT2D eigenvalue weighted by Crippen LogP contribution is 2.23. The third-order valence-electron chi connectivity index (χ3n) is 4.58. The molecular weight excluding hydrogens is 298 g/mol. The van der Waals surface area contributed by atoms with Crippen molar-refractivity contribution in [1.29, 1.82) is 0 Å². The number of hydrogen-bond acceptors (Lipinski definition) is 4. The van der Waals surface area contributed by atoms with Crippen LogP contribution < -0.4 is 0 Å². The van der Waals surface area contributed by atoms with Gasteiger partial charge in [0.1, 0.15) is 5.82 Å². The molecule has 5 heteroatoms. The molecule has 0 saturated heterocycles. The Kier molecular flexibility index (Phi) is 4.72. The second-order valence-corrected chi connectivity index (χ2v) is 7.88. The van der Waals surface area contributed by atoms with Crippen molar-refractivity contribution in [3.63, 3.8) is 0 Å². The average molecular weight is 327 g/mol. The smallest absolute Gasteiger partial charge is 0.133 e. The molecule has 0 amide bonds. The van der Waals surface area contributed by atoms with Crippen LogP contribution in [0.3, 0.4) is 0 Å². The molecule has 24 heavy (non-hydrogen) atoms. The minimum Gasteiger partial charge on any atom is -0.294 e. The van der Waals surface area contributed by atoms with Crippen LogP contribution in [0, 0.1) is 6.92 Å². The fourth-order valence-corrected chi connectivity index (χ4v) is 3.17. The molecule has 0 fully saturated rings. The lowest BCUT2D eigenvalue weighted by molar-refractivity contribution is 0.241. The van der Waals surface area contributed by atoms with E-state index in [1.54, 1.807) is 0 Å². The number of nitrogens with zero attached hydrogens (tertiary/aromatic N) is 5. The van der Waals surface area contributed by atoms with Gasteiger partial charge in [-0.25, -0.2) is 9.97 Å². The fraction of sp³-hybridized carbons (Fsp3) is 0.632. The number of rotatable bonds is 4. The van der Waals surface area contributed by atoms with Crippen molar-refractivity contribution in [3.8, 4) is 0 Å². The Balaban J connectivity index is 1.71. The second-order valence-electron chi connectivity index (χ2n) is 7.88. The third-order valence-corrected chi connectivity index (χ3v) is 4.58. The van der Waals surface area contributed by atoms with Crippen molar-refractivity contribution in [2.24, 2.45) is 0 Å². The lowest BCUT2D eigenvalue weighted by Gasteiger charge is -2.29. The molecule has 5 nitrogen and oxygen atoms in total. The highest BCUT2D eigenvalue weighted by atomic mass is 15.3. The first-order chi connectivity index (χ1) is 11.4. The molecule has 3 rings (SSSR count). The van der Waals surface area contributed by atoms with Gasteiger partial charge < -0.3 is 0 Å². The van der Waals surface area contributed by atoms with Crippen LogP contribution in [0.15, 0.2) is 12.4 Å². The molecule has 0 spiro atoms. The van der Waals surface area contributed by atoms with Gasteiger partial charge in [0.05, 0.1) is 5.69 Å². The zero-order chi connectivity index (χ0) is 17.3. The first-order valence-corrected chi connectivity index (χ1v) is 8.97. The second kappa shape index (κ2) is 6.63. The van der Waals surface area contributed by atoms with Gasteiger partial charge in [0.2, 0.25) is 0 Å². The summed E-state index contributed by atoms with van der Waals surface area (Å²) in [4.78, 5) is 11.9. The Hall–Kier alpha value is -1.75.